The summed E-state index contributed by atoms with van der Waals surface area (Å²) in [6, 6.07) is 11.6. The van der Waals surface area contributed by atoms with Crippen molar-refractivity contribution in [2.45, 2.75) is 13.8 Å². The number of rotatable bonds is 6. The van der Waals surface area contributed by atoms with E-state index in [-0.39, 0.29) is 24.3 Å². The van der Waals surface area contributed by atoms with Gasteiger partial charge in [0.05, 0.1) is 5.02 Å². The van der Waals surface area contributed by atoms with Crippen LogP contribution in [0.5, 0.6) is 5.75 Å². The number of carbonyl (C=O) groups is 2. The number of benzene rings is 2. The largest absolute Gasteiger partial charge is 0.482 e. The number of ether oxygens (including phenoxy) is 1. The second-order valence-electron chi connectivity index (χ2n) is 5.64. The average Bonchev–Trinajstić information content (AvgIpc) is 2.54. The van der Waals surface area contributed by atoms with Crippen LogP contribution in [0.2, 0.25) is 10.0 Å². The Morgan fingerprint density at radius 1 is 1.04 bits per heavy atom. The lowest BCUT2D eigenvalue weighted by Gasteiger charge is -2.11. The molecule has 0 unspecified atom stereocenters. The molecule has 0 fully saturated rings. The molecule has 25 heavy (non-hydrogen) atoms. The highest BCUT2D eigenvalue weighted by atomic mass is 35.5. The number of anilines is 2. The number of halogens is 2. The van der Waals surface area contributed by atoms with E-state index in [4.69, 9.17) is 27.9 Å². The van der Waals surface area contributed by atoms with E-state index in [1.54, 1.807) is 50.2 Å². The van der Waals surface area contributed by atoms with Crippen LogP contribution < -0.4 is 15.4 Å². The van der Waals surface area contributed by atoms with Gasteiger partial charge in [-0.2, -0.15) is 0 Å². The second-order valence-corrected chi connectivity index (χ2v) is 6.48. The fourth-order valence-corrected chi connectivity index (χ4v) is 2.36. The van der Waals surface area contributed by atoms with Gasteiger partial charge in [-0.1, -0.05) is 43.1 Å². The van der Waals surface area contributed by atoms with Crippen molar-refractivity contribution in [3.8, 4) is 5.75 Å². The second kappa shape index (κ2) is 8.74. The summed E-state index contributed by atoms with van der Waals surface area (Å²) in [5.41, 5.74) is 1.16. The Morgan fingerprint density at radius 3 is 2.36 bits per heavy atom. The zero-order valence-corrected chi connectivity index (χ0v) is 15.3. The van der Waals surface area contributed by atoms with Crippen LogP contribution in [0, 0.1) is 5.92 Å². The number of amides is 2. The van der Waals surface area contributed by atoms with Gasteiger partial charge in [0.15, 0.2) is 6.61 Å². The lowest BCUT2D eigenvalue weighted by molar-refractivity contribution is -0.119. The predicted octanol–water partition coefficient (Wildman–Crippen LogP) is 4.61. The Morgan fingerprint density at radius 2 is 1.72 bits per heavy atom. The third kappa shape index (κ3) is 5.96. The first-order valence-corrected chi connectivity index (χ1v) is 8.39. The molecular weight excluding hydrogens is 363 g/mol. The average molecular weight is 381 g/mol. The van der Waals surface area contributed by atoms with Crippen LogP contribution in [0.15, 0.2) is 42.5 Å². The van der Waals surface area contributed by atoms with E-state index < -0.39 is 0 Å². The Balaban J connectivity index is 1.93. The van der Waals surface area contributed by atoms with Crippen molar-refractivity contribution in [2.24, 2.45) is 5.92 Å². The predicted molar refractivity (Wildman–Crippen MR) is 100 cm³/mol. The number of carbonyl (C=O) groups excluding carboxylic acids is 2. The lowest BCUT2D eigenvalue weighted by atomic mass is 10.2. The summed E-state index contributed by atoms with van der Waals surface area (Å²) in [6.07, 6.45) is 0. The third-order valence-electron chi connectivity index (χ3n) is 3.19. The normalized spacial score (nSPS) is 10.4. The minimum Gasteiger partial charge on any atom is -0.482 e. The maximum Gasteiger partial charge on any atom is 0.262 e. The molecule has 0 aliphatic rings. The van der Waals surface area contributed by atoms with E-state index in [2.05, 4.69) is 10.6 Å². The maximum absolute atomic E-state index is 12.0. The summed E-state index contributed by atoms with van der Waals surface area (Å²) in [5, 5.41) is 6.30. The molecule has 2 rings (SSSR count). The van der Waals surface area contributed by atoms with Crippen molar-refractivity contribution in [1.29, 1.82) is 0 Å². The molecular formula is C18H18Cl2N2O3. The van der Waals surface area contributed by atoms with Crippen LogP contribution in [0.1, 0.15) is 13.8 Å². The van der Waals surface area contributed by atoms with Crippen LogP contribution in [0.4, 0.5) is 11.4 Å². The van der Waals surface area contributed by atoms with E-state index in [0.29, 0.717) is 27.2 Å². The van der Waals surface area contributed by atoms with E-state index in [1.807, 2.05) is 0 Å². The van der Waals surface area contributed by atoms with Crippen molar-refractivity contribution in [3.63, 3.8) is 0 Å². The number of hydrogen-bond acceptors (Lipinski definition) is 3. The van der Waals surface area contributed by atoms with Gasteiger partial charge in [0.25, 0.3) is 5.91 Å². The van der Waals surface area contributed by atoms with Crippen LogP contribution in [-0.2, 0) is 9.59 Å². The molecule has 0 spiro atoms. The van der Waals surface area contributed by atoms with Gasteiger partial charge in [0, 0.05) is 22.3 Å². The van der Waals surface area contributed by atoms with Gasteiger partial charge in [-0.05, 0) is 36.4 Å². The Kier molecular flexibility index (Phi) is 6.67. The highest BCUT2D eigenvalue weighted by Crippen LogP contribution is 2.27. The minimum atomic E-state index is -0.349. The Labute approximate surface area is 156 Å². The molecule has 0 atom stereocenters. The molecule has 0 bridgehead atoms. The van der Waals surface area contributed by atoms with Crippen LogP contribution >= 0.6 is 23.2 Å². The zero-order chi connectivity index (χ0) is 18.4. The van der Waals surface area contributed by atoms with Crippen molar-refractivity contribution in [2.75, 3.05) is 17.2 Å². The fourth-order valence-electron chi connectivity index (χ4n) is 1.89. The zero-order valence-electron chi connectivity index (χ0n) is 13.8. The van der Waals surface area contributed by atoms with Gasteiger partial charge < -0.3 is 15.4 Å². The molecule has 2 N–H and O–H groups in total. The quantitative estimate of drug-likeness (QED) is 0.768. The highest BCUT2D eigenvalue weighted by molar-refractivity contribution is 6.35. The first-order valence-electron chi connectivity index (χ1n) is 7.64. The van der Waals surface area contributed by atoms with Crippen LogP contribution in [0.3, 0.4) is 0 Å². The Bertz CT molecular complexity index is 779. The van der Waals surface area contributed by atoms with Crippen molar-refractivity contribution in [3.05, 3.63) is 52.5 Å². The molecule has 0 saturated heterocycles. The first-order chi connectivity index (χ1) is 11.8. The molecule has 0 aromatic heterocycles. The molecule has 132 valence electrons. The van der Waals surface area contributed by atoms with Crippen molar-refractivity contribution in [1.82, 2.24) is 0 Å². The van der Waals surface area contributed by atoms with Crippen molar-refractivity contribution >= 4 is 46.4 Å². The van der Waals surface area contributed by atoms with E-state index >= 15 is 0 Å². The first kappa shape index (κ1) is 19.1. The monoisotopic (exact) mass is 380 g/mol. The van der Waals surface area contributed by atoms with Gasteiger partial charge in [0.2, 0.25) is 5.91 Å². The SMILES string of the molecule is CC(C)C(=O)Nc1cccc(NC(=O)COc2ccc(Cl)cc2Cl)c1. The van der Waals surface area contributed by atoms with E-state index in [1.165, 1.54) is 6.07 Å². The molecule has 2 aromatic carbocycles. The fraction of sp³-hybridized carbons (Fsp3) is 0.222. The smallest absolute Gasteiger partial charge is 0.262 e. The summed E-state index contributed by atoms with van der Waals surface area (Å²) in [5.74, 6) is -0.197. The summed E-state index contributed by atoms with van der Waals surface area (Å²) in [6.45, 7) is 3.41. The maximum atomic E-state index is 12.0. The molecule has 2 aromatic rings. The van der Waals surface area contributed by atoms with Crippen LogP contribution in [-0.4, -0.2) is 18.4 Å². The van der Waals surface area contributed by atoms with Gasteiger partial charge in [-0.25, -0.2) is 0 Å². The standard InChI is InChI=1S/C18H18Cl2N2O3/c1-11(2)18(24)22-14-5-3-4-13(9-14)21-17(23)10-25-16-7-6-12(19)8-15(16)20/h3-9,11H,10H2,1-2H3,(H,21,23)(H,22,24). The molecule has 0 aliphatic carbocycles. The van der Waals surface area contributed by atoms with Gasteiger partial charge >= 0.3 is 0 Å². The Hall–Kier alpha value is -2.24. The van der Waals surface area contributed by atoms with E-state index in [9.17, 15) is 9.59 Å². The topological polar surface area (TPSA) is 67.4 Å². The summed E-state index contributed by atoms with van der Waals surface area (Å²) in [7, 11) is 0. The third-order valence-corrected chi connectivity index (χ3v) is 3.72. The molecule has 2 amide bonds. The van der Waals surface area contributed by atoms with Gasteiger partial charge in [0.1, 0.15) is 5.75 Å². The van der Waals surface area contributed by atoms with Gasteiger partial charge in [-0.3, -0.25) is 9.59 Å². The lowest BCUT2D eigenvalue weighted by Crippen LogP contribution is -2.21. The molecule has 0 radical (unpaired) electrons. The van der Waals surface area contributed by atoms with Gasteiger partial charge in [-0.15, -0.1) is 0 Å². The molecule has 0 saturated carbocycles. The summed E-state index contributed by atoms with van der Waals surface area (Å²) in [4.78, 5) is 23.7. The summed E-state index contributed by atoms with van der Waals surface area (Å²) < 4.78 is 5.38. The number of hydrogen-bond donors (Lipinski definition) is 2. The van der Waals surface area contributed by atoms with E-state index in [0.717, 1.165) is 0 Å². The molecule has 0 aliphatic heterocycles. The summed E-state index contributed by atoms with van der Waals surface area (Å²) >= 11 is 11.8. The highest BCUT2D eigenvalue weighted by Gasteiger charge is 2.09. The van der Waals surface area contributed by atoms with Crippen molar-refractivity contribution < 1.29 is 14.3 Å². The molecule has 5 nitrogen and oxygen atoms in total. The number of nitrogens with one attached hydrogen (secondary N) is 2. The van der Waals surface area contributed by atoms with Crippen LogP contribution in [0.25, 0.3) is 0 Å². The molecule has 0 heterocycles. The minimum absolute atomic E-state index is 0.0933. The molecule has 7 heteroatoms.